The van der Waals surface area contributed by atoms with Gasteiger partial charge in [0.15, 0.2) is 0 Å². The number of carbonyl (C=O) groups excluding carboxylic acids is 2. The van der Waals surface area contributed by atoms with Crippen molar-refractivity contribution in [1.82, 2.24) is 0 Å². The van der Waals surface area contributed by atoms with Crippen LogP contribution in [0.4, 0.5) is 0 Å². The van der Waals surface area contributed by atoms with Crippen molar-refractivity contribution in [2.45, 2.75) is 125 Å². The Kier molecular flexibility index (Phi) is 8.60. The molecule has 8 nitrogen and oxygen atoms in total. The SMILES string of the molecule is C[C@H](CC(=O)[C@@H](C)[C@H](C)C(=O)O)[C@H]1CC[C@@]2(C)C3=C(C[C@@H](O)[C@]12C)[C@@]1(C)CC[C@@H](OC(=O)CC(=O)O)C(C)(C)[C@@H]1CC3. The van der Waals surface area contributed by atoms with Gasteiger partial charge in [-0.25, -0.2) is 0 Å². The normalized spacial score (nSPS) is 39.3. The van der Waals surface area contributed by atoms with Crippen LogP contribution in [0.3, 0.4) is 0 Å². The third kappa shape index (κ3) is 4.93. The minimum atomic E-state index is -1.18. The quantitative estimate of drug-likeness (QED) is 0.168. The molecule has 0 heterocycles. The van der Waals surface area contributed by atoms with Crippen LogP contribution < -0.4 is 0 Å². The summed E-state index contributed by atoms with van der Waals surface area (Å²) in [6.45, 7) is 16.5. The van der Waals surface area contributed by atoms with Crippen LogP contribution in [0.15, 0.2) is 11.1 Å². The zero-order valence-corrected chi connectivity index (χ0v) is 26.8. The average Bonchev–Trinajstić information content (AvgIpc) is 3.17. The molecule has 0 aromatic carbocycles. The number of esters is 1. The summed E-state index contributed by atoms with van der Waals surface area (Å²) in [5, 5.41) is 30.5. The van der Waals surface area contributed by atoms with E-state index < -0.39 is 47.7 Å². The summed E-state index contributed by atoms with van der Waals surface area (Å²) in [6.07, 6.45) is 4.58. The maximum atomic E-state index is 13.1. The molecule has 0 bridgehead atoms. The number of hydrogen-bond acceptors (Lipinski definition) is 6. The maximum absolute atomic E-state index is 13.1. The molecule has 10 atom stereocenters. The zero-order valence-electron chi connectivity index (χ0n) is 26.8. The van der Waals surface area contributed by atoms with Gasteiger partial charge in [-0.1, -0.05) is 66.5 Å². The summed E-state index contributed by atoms with van der Waals surface area (Å²) in [6, 6.07) is 0. The van der Waals surface area contributed by atoms with Crippen LogP contribution in [0.25, 0.3) is 0 Å². The number of ketones is 1. The Morgan fingerprint density at radius 2 is 1.55 bits per heavy atom. The Balaban J connectivity index is 1.61. The first-order valence-electron chi connectivity index (χ1n) is 15.9. The molecule has 42 heavy (non-hydrogen) atoms. The Labute approximate surface area is 250 Å². The van der Waals surface area contributed by atoms with Gasteiger partial charge in [0.25, 0.3) is 0 Å². The molecule has 4 aliphatic carbocycles. The van der Waals surface area contributed by atoms with Crippen molar-refractivity contribution >= 4 is 23.7 Å². The van der Waals surface area contributed by atoms with Gasteiger partial charge in [0.1, 0.15) is 18.3 Å². The fourth-order valence-corrected chi connectivity index (χ4v) is 10.3. The van der Waals surface area contributed by atoms with Crippen LogP contribution in [0, 0.1) is 51.2 Å². The lowest BCUT2D eigenvalue weighted by Crippen LogP contribution is -2.58. The van der Waals surface area contributed by atoms with Gasteiger partial charge >= 0.3 is 17.9 Å². The molecule has 8 heteroatoms. The number of fused-ring (bicyclic) bond motifs is 4. The molecular formula is C34H52O8. The summed E-state index contributed by atoms with van der Waals surface area (Å²) in [5.41, 5.74) is 1.74. The molecule has 0 unspecified atom stereocenters. The molecule has 236 valence electrons. The monoisotopic (exact) mass is 588 g/mol. The third-order valence-electron chi connectivity index (χ3n) is 13.3. The number of hydrogen-bond donors (Lipinski definition) is 3. The van der Waals surface area contributed by atoms with E-state index in [1.807, 2.05) is 0 Å². The van der Waals surface area contributed by atoms with Gasteiger partial charge < -0.3 is 20.1 Å². The first-order chi connectivity index (χ1) is 19.3. The van der Waals surface area contributed by atoms with Crippen LogP contribution >= 0.6 is 0 Å². The smallest absolute Gasteiger partial charge is 0.317 e. The van der Waals surface area contributed by atoms with Crippen molar-refractivity contribution in [2.75, 3.05) is 0 Å². The van der Waals surface area contributed by atoms with E-state index in [1.165, 1.54) is 11.1 Å². The summed E-state index contributed by atoms with van der Waals surface area (Å²) in [5.74, 6) is -3.70. The summed E-state index contributed by atoms with van der Waals surface area (Å²) >= 11 is 0. The number of ether oxygens (including phenoxy) is 1. The van der Waals surface area contributed by atoms with E-state index >= 15 is 0 Å². The number of aliphatic hydroxyl groups is 1. The predicted molar refractivity (Wildman–Crippen MR) is 157 cm³/mol. The van der Waals surface area contributed by atoms with Gasteiger partial charge in [0.2, 0.25) is 0 Å². The summed E-state index contributed by atoms with van der Waals surface area (Å²) < 4.78 is 5.75. The maximum Gasteiger partial charge on any atom is 0.317 e. The van der Waals surface area contributed by atoms with Gasteiger partial charge in [-0.3, -0.25) is 19.2 Å². The average molecular weight is 589 g/mol. The number of aliphatic carboxylic acids is 2. The van der Waals surface area contributed by atoms with E-state index in [0.29, 0.717) is 19.3 Å². The predicted octanol–water partition coefficient (Wildman–Crippen LogP) is 6.05. The molecule has 0 saturated heterocycles. The topological polar surface area (TPSA) is 138 Å². The van der Waals surface area contributed by atoms with Crippen molar-refractivity contribution in [2.24, 2.45) is 51.2 Å². The minimum absolute atomic E-state index is 0.0177. The highest BCUT2D eigenvalue weighted by Crippen LogP contribution is 2.72. The molecule has 2 saturated carbocycles. The molecule has 0 radical (unpaired) electrons. The lowest BCUT2D eigenvalue weighted by atomic mass is 9.42. The molecule has 0 aromatic heterocycles. The second-order valence-corrected chi connectivity index (χ2v) is 15.4. The van der Waals surface area contributed by atoms with E-state index in [1.54, 1.807) is 13.8 Å². The molecule has 4 rings (SSSR count). The van der Waals surface area contributed by atoms with Gasteiger partial charge in [0, 0.05) is 23.2 Å². The number of rotatable bonds is 9. The molecule has 2 fully saturated rings. The molecule has 0 spiro atoms. The Hall–Kier alpha value is -2.22. The number of allylic oxidation sites excluding steroid dienone is 1. The van der Waals surface area contributed by atoms with Crippen molar-refractivity contribution < 1.29 is 39.2 Å². The van der Waals surface area contributed by atoms with E-state index in [-0.39, 0.29) is 45.9 Å². The van der Waals surface area contributed by atoms with E-state index in [2.05, 4.69) is 41.5 Å². The molecule has 0 aromatic rings. The molecule has 0 aliphatic heterocycles. The van der Waals surface area contributed by atoms with Crippen LogP contribution in [-0.2, 0) is 23.9 Å². The Morgan fingerprint density at radius 3 is 2.14 bits per heavy atom. The summed E-state index contributed by atoms with van der Waals surface area (Å²) in [4.78, 5) is 47.9. The second kappa shape index (κ2) is 11.0. The molecule has 0 amide bonds. The van der Waals surface area contributed by atoms with Gasteiger partial charge in [0.05, 0.1) is 12.0 Å². The van der Waals surface area contributed by atoms with Crippen LogP contribution in [-0.4, -0.2) is 51.2 Å². The first kappa shape index (κ1) is 32.7. The Morgan fingerprint density at radius 1 is 0.905 bits per heavy atom. The number of Topliss-reactive ketones (excluding diaryl/α,β-unsaturated/α-hetero) is 1. The van der Waals surface area contributed by atoms with E-state index in [4.69, 9.17) is 9.84 Å². The highest BCUT2D eigenvalue weighted by atomic mass is 16.5. The summed E-state index contributed by atoms with van der Waals surface area (Å²) in [7, 11) is 0. The van der Waals surface area contributed by atoms with Crippen molar-refractivity contribution in [3.8, 4) is 0 Å². The number of carboxylic acids is 2. The zero-order chi connectivity index (χ0) is 31.6. The molecule has 4 aliphatic rings. The highest BCUT2D eigenvalue weighted by molar-refractivity contribution is 5.90. The van der Waals surface area contributed by atoms with E-state index in [9.17, 15) is 29.4 Å². The lowest BCUT2D eigenvalue weighted by Gasteiger charge is -2.63. The van der Waals surface area contributed by atoms with Gasteiger partial charge in [-0.2, -0.15) is 0 Å². The fourth-order valence-electron chi connectivity index (χ4n) is 10.3. The number of carbonyl (C=O) groups is 4. The van der Waals surface area contributed by atoms with Crippen LogP contribution in [0.1, 0.15) is 113 Å². The van der Waals surface area contributed by atoms with Gasteiger partial charge in [-0.05, 0) is 73.5 Å². The van der Waals surface area contributed by atoms with Crippen LogP contribution in [0.2, 0.25) is 0 Å². The first-order valence-corrected chi connectivity index (χ1v) is 15.9. The standard InChI is InChI=1S/C34H52O8/c1-18(15-24(35)19(2)20(3)30(40)41)21-11-14-33(7)22-9-10-25-31(4,5)27(42-29(39)17-28(37)38)12-13-32(25,6)23(22)16-26(36)34(21,33)8/h18-21,25-27,36H,9-17H2,1-8H3,(H,37,38)(H,40,41)/t18-,19+,20+,21-,25+,26-,27-,32-,33+,34+/m1/s1. The van der Waals surface area contributed by atoms with Crippen molar-refractivity contribution in [3.05, 3.63) is 11.1 Å². The molecular weight excluding hydrogens is 536 g/mol. The van der Waals surface area contributed by atoms with Crippen LogP contribution in [0.5, 0.6) is 0 Å². The third-order valence-corrected chi connectivity index (χ3v) is 13.3. The number of aliphatic hydroxyl groups excluding tert-OH is 1. The van der Waals surface area contributed by atoms with Crippen molar-refractivity contribution in [1.29, 1.82) is 0 Å². The lowest BCUT2D eigenvalue weighted by molar-refractivity contribution is -0.173. The number of carboxylic acid groups (broad SMARTS) is 2. The fraction of sp³-hybridized carbons (Fsp3) is 0.824. The molecule has 3 N–H and O–H groups in total. The highest BCUT2D eigenvalue weighted by Gasteiger charge is 2.66. The Bertz CT molecular complexity index is 1170. The largest absolute Gasteiger partial charge is 0.481 e. The van der Waals surface area contributed by atoms with Crippen molar-refractivity contribution in [3.63, 3.8) is 0 Å². The second-order valence-electron chi connectivity index (χ2n) is 15.4. The van der Waals surface area contributed by atoms with Gasteiger partial charge in [-0.15, -0.1) is 0 Å². The van der Waals surface area contributed by atoms with E-state index in [0.717, 1.165) is 32.1 Å². The minimum Gasteiger partial charge on any atom is -0.481 e.